The number of rotatable bonds is 5. The van der Waals surface area contributed by atoms with E-state index in [0.29, 0.717) is 13.2 Å². The standard InChI is InChI=1S/C6H12NO3PS2/c1-3-9-11(8,10-4-2)7-6-5-12-13-6/h3-5H2,1-2H3. The topological polar surface area (TPSA) is 47.9 Å². The van der Waals surface area contributed by atoms with Crippen molar-refractivity contribution in [3.8, 4) is 0 Å². The molecule has 0 spiro atoms. The van der Waals surface area contributed by atoms with Crippen molar-refractivity contribution in [2.45, 2.75) is 13.8 Å². The van der Waals surface area contributed by atoms with E-state index in [0.717, 1.165) is 10.8 Å². The van der Waals surface area contributed by atoms with Crippen molar-refractivity contribution < 1.29 is 13.6 Å². The summed E-state index contributed by atoms with van der Waals surface area (Å²) < 4.78 is 25.7. The summed E-state index contributed by atoms with van der Waals surface area (Å²) in [5.74, 6) is 0.814. The van der Waals surface area contributed by atoms with Gasteiger partial charge in [-0.25, -0.2) is 4.57 Å². The third-order valence-corrected chi connectivity index (χ3v) is 5.35. The van der Waals surface area contributed by atoms with Gasteiger partial charge in [0.1, 0.15) is 5.04 Å². The van der Waals surface area contributed by atoms with E-state index in [-0.39, 0.29) is 0 Å². The Bertz CT molecular complexity index is 230. The molecule has 0 bridgehead atoms. The Morgan fingerprint density at radius 2 is 2.00 bits per heavy atom. The quantitative estimate of drug-likeness (QED) is 0.547. The lowest BCUT2D eigenvalue weighted by molar-refractivity contribution is 0.221. The third-order valence-electron chi connectivity index (χ3n) is 1.16. The van der Waals surface area contributed by atoms with Gasteiger partial charge in [0.05, 0.1) is 19.0 Å². The van der Waals surface area contributed by atoms with Crippen LogP contribution in [0.25, 0.3) is 0 Å². The molecule has 13 heavy (non-hydrogen) atoms. The average molecular weight is 241 g/mol. The number of hydrogen-bond acceptors (Lipinski definition) is 5. The van der Waals surface area contributed by atoms with E-state index in [2.05, 4.69) is 4.76 Å². The van der Waals surface area contributed by atoms with E-state index in [1.54, 1.807) is 24.6 Å². The summed E-state index contributed by atoms with van der Waals surface area (Å²) in [6.45, 7) is 4.25. The van der Waals surface area contributed by atoms with Crippen LogP contribution in [0.15, 0.2) is 4.76 Å². The van der Waals surface area contributed by atoms with Crippen molar-refractivity contribution in [3.63, 3.8) is 0 Å². The van der Waals surface area contributed by atoms with Gasteiger partial charge in [-0.1, -0.05) is 10.8 Å². The first kappa shape index (κ1) is 11.6. The summed E-state index contributed by atoms with van der Waals surface area (Å²) in [6, 6.07) is 0. The van der Waals surface area contributed by atoms with Crippen molar-refractivity contribution in [2.75, 3.05) is 19.0 Å². The molecule has 0 atom stereocenters. The van der Waals surface area contributed by atoms with Crippen molar-refractivity contribution in [1.82, 2.24) is 0 Å². The fraction of sp³-hybridized carbons (Fsp3) is 0.833. The van der Waals surface area contributed by atoms with Gasteiger partial charge in [-0.15, -0.1) is 0 Å². The van der Waals surface area contributed by atoms with E-state index < -0.39 is 7.75 Å². The predicted molar refractivity (Wildman–Crippen MR) is 58.3 cm³/mol. The van der Waals surface area contributed by atoms with Gasteiger partial charge in [0.15, 0.2) is 0 Å². The van der Waals surface area contributed by atoms with Crippen molar-refractivity contribution in [3.05, 3.63) is 0 Å². The maximum Gasteiger partial charge on any atom is 0.454 e. The molecular weight excluding hydrogens is 229 g/mol. The predicted octanol–water partition coefficient (Wildman–Crippen LogP) is 2.96. The van der Waals surface area contributed by atoms with Crippen LogP contribution < -0.4 is 0 Å². The van der Waals surface area contributed by atoms with Gasteiger partial charge in [-0.3, -0.25) is 9.05 Å². The van der Waals surface area contributed by atoms with E-state index in [9.17, 15) is 4.57 Å². The molecule has 0 aromatic carbocycles. The second-order valence-electron chi connectivity index (χ2n) is 2.14. The first-order valence-corrected chi connectivity index (χ1v) is 7.79. The maximum atomic E-state index is 11.8. The van der Waals surface area contributed by atoms with Gasteiger partial charge in [0, 0.05) is 0 Å². The zero-order chi connectivity index (χ0) is 9.73. The van der Waals surface area contributed by atoms with Crippen LogP contribution in [0, 0.1) is 0 Å². The van der Waals surface area contributed by atoms with Gasteiger partial charge < -0.3 is 0 Å². The van der Waals surface area contributed by atoms with Gasteiger partial charge >= 0.3 is 7.75 Å². The molecule has 0 amide bonds. The molecule has 1 aliphatic rings. The zero-order valence-electron chi connectivity index (χ0n) is 7.56. The van der Waals surface area contributed by atoms with Gasteiger partial charge in [-0.2, -0.15) is 4.76 Å². The molecule has 1 rings (SSSR count). The lowest BCUT2D eigenvalue weighted by Gasteiger charge is -2.17. The SMILES string of the molecule is CCOP(=O)(N=C1CSS1)OCC. The zero-order valence-corrected chi connectivity index (χ0v) is 10.1. The Morgan fingerprint density at radius 1 is 1.46 bits per heavy atom. The van der Waals surface area contributed by atoms with Crippen LogP contribution in [0.2, 0.25) is 0 Å². The molecule has 7 heteroatoms. The summed E-state index contributed by atoms with van der Waals surface area (Å²) in [6.07, 6.45) is 0. The molecule has 1 aliphatic heterocycles. The third kappa shape index (κ3) is 3.64. The lowest BCUT2D eigenvalue weighted by atomic mass is 10.9. The molecule has 0 radical (unpaired) electrons. The Hall–Kier alpha value is 0.520. The van der Waals surface area contributed by atoms with E-state index in [1.807, 2.05) is 0 Å². The average Bonchev–Trinajstić information content (AvgIpc) is 1.98. The summed E-state index contributed by atoms with van der Waals surface area (Å²) in [4.78, 5) is 0. The first-order valence-electron chi connectivity index (χ1n) is 3.98. The van der Waals surface area contributed by atoms with Gasteiger partial charge in [0.25, 0.3) is 0 Å². The highest BCUT2D eigenvalue weighted by molar-refractivity contribution is 8.86. The van der Waals surface area contributed by atoms with Gasteiger partial charge in [0.2, 0.25) is 0 Å². The molecule has 0 saturated carbocycles. The highest BCUT2D eigenvalue weighted by Gasteiger charge is 2.26. The van der Waals surface area contributed by atoms with Gasteiger partial charge in [-0.05, 0) is 24.6 Å². The molecule has 0 N–H and O–H groups in total. The molecule has 0 aromatic heterocycles. The normalized spacial score (nSPS) is 20.3. The molecule has 4 nitrogen and oxygen atoms in total. The number of nitrogens with zero attached hydrogens (tertiary/aromatic N) is 1. The number of hydrogen-bond donors (Lipinski definition) is 0. The van der Waals surface area contributed by atoms with Crippen LogP contribution in [0.3, 0.4) is 0 Å². The smallest absolute Gasteiger partial charge is 0.291 e. The Morgan fingerprint density at radius 3 is 2.31 bits per heavy atom. The van der Waals surface area contributed by atoms with Crippen LogP contribution in [-0.4, -0.2) is 24.0 Å². The van der Waals surface area contributed by atoms with Crippen molar-refractivity contribution in [2.24, 2.45) is 4.76 Å². The highest BCUT2D eigenvalue weighted by Crippen LogP contribution is 2.52. The first-order chi connectivity index (χ1) is 6.20. The fourth-order valence-corrected chi connectivity index (χ4v) is 3.69. The second-order valence-corrected chi connectivity index (χ2v) is 6.17. The van der Waals surface area contributed by atoms with Crippen molar-refractivity contribution in [1.29, 1.82) is 0 Å². The Labute approximate surface area is 85.8 Å². The Kier molecular flexibility index (Phi) is 4.83. The van der Waals surface area contributed by atoms with E-state index >= 15 is 0 Å². The monoisotopic (exact) mass is 241 g/mol. The van der Waals surface area contributed by atoms with Crippen molar-refractivity contribution >= 4 is 34.4 Å². The lowest BCUT2D eigenvalue weighted by Crippen LogP contribution is -2.05. The van der Waals surface area contributed by atoms with E-state index in [1.165, 1.54) is 10.8 Å². The van der Waals surface area contributed by atoms with Crippen LogP contribution in [0.4, 0.5) is 0 Å². The molecule has 1 heterocycles. The van der Waals surface area contributed by atoms with Crippen LogP contribution in [-0.2, 0) is 13.6 Å². The minimum atomic E-state index is -3.19. The molecule has 0 aromatic rings. The minimum Gasteiger partial charge on any atom is -0.291 e. The molecule has 1 fully saturated rings. The molecule has 76 valence electrons. The van der Waals surface area contributed by atoms with E-state index in [4.69, 9.17) is 9.05 Å². The summed E-state index contributed by atoms with van der Waals surface area (Å²) in [7, 11) is 0.00708. The fourth-order valence-electron chi connectivity index (χ4n) is 0.715. The molecule has 0 aliphatic carbocycles. The molecule has 1 saturated heterocycles. The summed E-state index contributed by atoms with van der Waals surface area (Å²) in [5, 5.41) is 0.843. The molecule has 0 unspecified atom stereocenters. The highest BCUT2D eigenvalue weighted by atomic mass is 33.1. The van der Waals surface area contributed by atoms with Crippen LogP contribution in [0.5, 0.6) is 0 Å². The Balaban J connectivity index is 2.59. The van der Waals surface area contributed by atoms with Crippen LogP contribution >= 0.6 is 29.3 Å². The molecular formula is C6H12NO3PS2. The minimum absolute atomic E-state index is 0.353. The van der Waals surface area contributed by atoms with Crippen LogP contribution in [0.1, 0.15) is 13.8 Å². The summed E-state index contributed by atoms with van der Waals surface area (Å²) >= 11 is 0. The second kappa shape index (κ2) is 5.41. The maximum absolute atomic E-state index is 11.8. The largest absolute Gasteiger partial charge is 0.454 e. The summed E-state index contributed by atoms with van der Waals surface area (Å²) in [5.41, 5.74) is 0.